The molecule has 0 amide bonds. The zero-order chi connectivity index (χ0) is 5.70. The number of halogens is 1. The minimum Gasteiger partial charge on any atom is -0.396 e. The summed E-state index contributed by atoms with van der Waals surface area (Å²) in [6, 6.07) is 0. The van der Waals surface area contributed by atoms with Crippen LogP contribution in [-0.2, 0) is 0 Å². The van der Waals surface area contributed by atoms with E-state index in [1.54, 1.807) is 0 Å². The lowest BCUT2D eigenvalue weighted by Gasteiger charge is -2.01. The summed E-state index contributed by atoms with van der Waals surface area (Å²) in [7, 11) is 0. The molecule has 0 aromatic rings. The highest BCUT2D eigenvalue weighted by molar-refractivity contribution is 5.85. The van der Waals surface area contributed by atoms with Crippen molar-refractivity contribution in [2.75, 3.05) is 6.61 Å². The zero-order valence-corrected chi connectivity index (χ0v) is 5.82. The van der Waals surface area contributed by atoms with Crippen LogP contribution in [0.5, 0.6) is 0 Å². The molecule has 8 heavy (non-hydrogen) atoms. The third-order valence-electron chi connectivity index (χ3n) is 0.934. The monoisotopic (exact) mass is 140 g/mol. The van der Waals surface area contributed by atoms with Crippen LogP contribution in [0, 0.1) is 0 Å². The van der Waals surface area contributed by atoms with Gasteiger partial charge in [0.15, 0.2) is 0 Å². The van der Waals surface area contributed by atoms with Gasteiger partial charge in [-0.05, 0) is 12.8 Å². The summed E-state index contributed by atoms with van der Waals surface area (Å²) < 4.78 is 0. The molecule has 0 spiro atoms. The van der Waals surface area contributed by atoms with Gasteiger partial charge in [-0.15, -0.1) is 12.4 Å². The number of aliphatic hydroxyl groups excluding tert-OH is 2. The van der Waals surface area contributed by atoms with Crippen LogP contribution in [0.3, 0.4) is 0 Å². The van der Waals surface area contributed by atoms with E-state index in [4.69, 9.17) is 10.2 Å². The maximum absolute atomic E-state index is 8.70. The minimum absolute atomic E-state index is 0. The molecule has 0 fully saturated rings. The van der Waals surface area contributed by atoms with Crippen LogP contribution in [0.1, 0.15) is 19.8 Å². The molecule has 0 saturated heterocycles. The van der Waals surface area contributed by atoms with Gasteiger partial charge in [0.2, 0.25) is 0 Å². The van der Waals surface area contributed by atoms with E-state index < -0.39 is 0 Å². The fourth-order valence-electron chi connectivity index (χ4n) is 0.353. The molecule has 1 atom stereocenters. The summed E-state index contributed by atoms with van der Waals surface area (Å²) >= 11 is 0. The summed E-state index contributed by atoms with van der Waals surface area (Å²) in [5.74, 6) is 0. The van der Waals surface area contributed by atoms with Gasteiger partial charge in [0.1, 0.15) is 0 Å². The molecule has 3 heteroatoms. The second kappa shape index (κ2) is 7.21. The van der Waals surface area contributed by atoms with Gasteiger partial charge in [-0.2, -0.15) is 0 Å². The summed E-state index contributed by atoms with van der Waals surface area (Å²) in [4.78, 5) is 0. The number of hydrogen-bond donors (Lipinski definition) is 2. The lowest BCUT2D eigenvalue weighted by Crippen LogP contribution is -2.05. The first-order valence-electron chi connectivity index (χ1n) is 2.60. The largest absolute Gasteiger partial charge is 0.396 e. The van der Waals surface area contributed by atoms with Gasteiger partial charge < -0.3 is 10.2 Å². The van der Waals surface area contributed by atoms with E-state index in [0.29, 0.717) is 6.42 Å². The summed E-state index contributed by atoms with van der Waals surface area (Å²) in [6.07, 6.45) is 0.946. The fraction of sp³-hybridized carbons (Fsp3) is 1.00. The molecule has 0 aliphatic rings. The van der Waals surface area contributed by atoms with Crippen molar-refractivity contribution in [1.82, 2.24) is 0 Å². The molecule has 52 valence electrons. The topological polar surface area (TPSA) is 40.5 Å². The van der Waals surface area contributed by atoms with Gasteiger partial charge in [0, 0.05) is 6.61 Å². The average molecular weight is 141 g/mol. The number of rotatable bonds is 3. The second-order valence-electron chi connectivity index (χ2n) is 1.57. The molecule has 2 N–H and O–H groups in total. The molecule has 0 aliphatic heterocycles. The molecule has 0 aliphatic carbocycles. The van der Waals surface area contributed by atoms with E-state index in [1.807, 2.05) is 6.92 Å². The highest BCUT2D eigenvalue weighted by Crippen LogP contribution is 1.92. The van der Waals surface area contributed by atoms with Crippen molar-refractivity contribution < 1.29 is 10.2 Å². The normalized spacial score (nSPS) is 12.4. The van der Waals surface area contributed by atoms with Gasteiger partial charge >= 0.3 is 0 Å². The zero-order valence-electron chi connectivity index (χ0n) is 5.00. The van der Waals surface area contributed by atoms with Crippen LogP contribution in [0.2, 0.25) is 0 Å². The SMILES string of the molecule is CCC(O)CCO.Cl. The van der Waals surface area contributed by atoms with E-state index in [1.165, 1.54) is 0 Å². The maximum atomic E-state index is 8.70. The molecule has 0 heterocycles. The Hall–Kier alpha value is 0.210. The van der Waals surface area contributed by atoms with Gasteiger partial charge in [-0.3, -0.25) is 0 Å². The van der Waals surface area contributed by atoms with Crippen molar-refractivity contribution >= 4 is 12.4 Å². The Morgan fingerprint density at radius 2 is 2.00 bits per heavy atom. The van der Waals surface area contributed by atoms with Crippen LogP contribution in [0.4, 0.5) is 0 Å². The Balaban J connectivity index is 0. The molecule has 0 radical (unpaired) electrons. The van der Waals surface area contributed by atoms with Crippen molar-refractivity contribution in [3.8, 4) is 0 Å². The van der Waals surface area contributed by atoms with Crippen molar-refractivity contribution in [3.63, 3.8) is 0 Å². The van der Waals surface area contributed by atoms with E-state index in [0.717, 1.165) is 6.42 Å². The van der Waals surface area contributed by atoms with E-state index in [-0.39, 0.29) is 25.1 Å². The van der Waals surface area contributed by atoms with Gasteiger partial charge in [-0.1, -0.05) is 6.92 Å². The van der Waals surface area contributed by atoms with Gasteiger partial charge in [-0.25, -0.2) is 0 Å². The number of aliphatic hydroxyl groups is 2. The van der Waals surface area contributed by atoms with Crippen LogP contribution in [0.25, 0.3) is 0 Å². The summed E-state index contributed by atoms with van der Waals surface area (Å²) in [5.41, 5.74) is 0. The van der Waals surface area contributed by atoms with Crippen LogP contribution in [0.15, 0.2) is 0 Å². The number of hydrogen-bond acceptors (Lipinski definition) is 2. The van der Waals surface area contributed by atoms with Gasteiger partial charge in [0.05, 0.1) is 6.10 Å². The molecule has 0 bridgehead atoms. The first kappa shape index (κ1) is 11.1. The fourth-order valence-corrected chi connectivity index (χ4v) is 0.353. The molecular formula is C5H13ClO2. The van der Waals surface area contributed by atoms with Crippen LogP contribution < -0.4 is 0 Å². The Bertz CT molecular complexity index is 41.4. The highest BCUT2D eigenvalue weighted by Gasteiger charge is 1.95. The Kier molecular flexibility index (Phi) is 9.97. The third kappa shape index (κ3) is 6.21. The van der Waals surface area contributed by atoms with Crippen molar-refractivity contribution in [2.45, 2.75) is 25.9 Å². The minimum atomic E-state index is -0.301. The van der Waals surface area contributed by atoms with Crippen molar-refractivity contribution in [3.05, 3.63) is 0 Å². The predicted octanol–water partition coefficient (Wildman–Crippen LogP) is 0.561. The molecule has 0 rings (SSSR count). The molecular weight excluding hydrogens is 128 g/mol. The van der Waals surface area contributed by atoms with Crippen molar-refractivity contribution in [2.24, 2.45) is 0 Å². The smallest absolute Gasteiger partial charge is 0.0559 e. The first-order chi connectivity index (χ1) is 3.31. The van der Waals surface area contributed by atoms with Crippen LogP contribution in [-0.4, -0.2) is 22.9 Å². The van der Waals surface area contributed by atoms with Crippen molar-refractivity contribution in [1.29, 1.82) is 0 Å². The Labute approximate surface area is 55.9 Å². The quantitative estimate of drug-likeness (QED) is 0.602. The summed E-state index contributed by atoms with van der Waals surface area (Å²) in [5, 5.41) is 16.9. The highest BCUT2D eigenvalue weighted by atomic mass is 35.5. The third-order valence-corrected chi connectivity index (χ3v) is 0.934. The summed E-state index contributed by atoms with van der Waals surface area (Å²) in [6.45, 7) is 1.98. The standard InChI is InChI=1S/C5H12O2.ClH/c1-2-5(7)3-4-6;/h5-7H,2-4H2,1H3;1H. The van der Waals surface area contributed by atoms with E-state index in [9.17, 15) is 0 Å². The molecule has 1 unspecified atom stereocenters. The lowest BCUT2D eigenvalue weighted by atomic mass is 10.2. The second-order valence-corrected chi connectivity index (χ2v) is 1.57. The van der Waals surface area contributed by atoms with Crippen LogP contribution >= 0.6 is 12.4 Å². The molecule has 0 aromatic carbocycles. The van der Waals surface area contributed by atoms with Gasteiger partial charge in [0.25, 0.3) is 0 Å². The molecule has 2 nitrogen and oxygen atoms in total. The van der Waals surface area contributed by atoms with E-state index in [2.05, 4.69) is 0 Å². The first-order valence-corrected chi connectivity index (χ1v) is 2.60. The predicted molar refractivity (Wildman–Crippen MR) is 35.2 cm³/mol. The lowest BCUT2D eigenvalue weighted by molar-refractivity contribution is 0.129. The van der Waals surface area contributed by atoms with E-state index >= 15 is 0 Å². The average Bonchev–Trinajstić information content (AvgIpc) is 1.68. The Morgan fingerprint density at radius 3 is 2.12 bits per heavy atom. The molecule has 0 saturated carbocycles. The Morgan fingerprint density at radius 1 is 1.50 bits per heavy atom. The maximum Gasteiger partial charge on any atom is 0.0559 e. The molecule has 0 aromatic heterocycles.